The number of anilines is 1. The first-order valence-corrected chi connectivity index (χ1v) is 8.27. The van der Waals surface area contributed by atoms with E-state index in [1.54, 1.807) is 42.6 Å². The molecule has 2 aromatic carbocycles. The van der Waals surface area contributed by atoms with Gasteiger partial charge in [0.05, 0.1) is 11.9 Å². The van der Waals surface area contributed by atoms with Gasteiger partial charge in [-0.1, -0.05) is 12.1 Å². The van der Waals surface area contributed by atoms with Crippen LogP contribution in [0.1, 0.15) is 24.2 Å². The van der Waals surface area contributed by atoms with Gasteiger partial charge in [-0.15, -0.1) is 0 Å². The third-order valence-corrected chi connectivity index (χ3v) is 3.80. The van der Waals surface area contributed by atoms with Crippen LogP contribution in [0.2, 0.25) is 0 Å². The second-order valence-electron chi connectivity index (χ2n) is 6.24. The topological polar surface area (TPSA) is 101 Å². The number of hydrogen-bond donors (Lipinski definition) is 3. The number of hydrogen-bond acceptors (Lipinski definition) is 5. The van der Waals surface area contributed by atoms with Crippen molar-refractivity contribution < 1.29 is 9.90 Å². The number of nitrogens with one attached hydrogen (secondary N) is 1. The molecule has 0 aliphatic heterocycles. The zero-order valence-corrected chi connectivity index (χ0v) is 14.6. The number of nitrogens with zero attached hydrogens (tertiary/aromatic N) is 2. The molecule has 6 nitrogen and oxygen atoms in total. The summed E-state index contributed by atoms with van der Waals surface area (Å²) < 4.78 is 0. The SMILES string of the molecule is CC(C)NC(=O)c1ccc(-c2cnc(N)c(-c3ccc(O)cc3)n2)cc1. The summed E-state index contributed by atoms with van der Waals surface area (Å²) in [5, 5.41) is 12.3. The number of phenols is 1. The molecular formula is C20H20N4O2. The Kier molecular flexibility index (Phi) is 4.84. The lowest BCUT2D eigenvalue weighted by molar-refractivity contribution is 0.0943. The van der Waals surface area contributed by atoms with Crippen LogP contribution in [0.15, 0.2) is 54.7 Å². The zero-order chi connectivity index (χ0) is 18.7. The molecule has 0 radical (unpaired) electrons. The van der Waals surface area contributed by atoms with Crippen molar-refractivity contribution in [3.05, 3.63) is 60.3 Å². The Morgan fingerprint density at radius 1 is 1.04 bits per heavy atom. The van der Waals surface area contributed by atoms with Gasteiger partial charge in [0.15, 0.2) is 0 Å². The van der Waals surface area contributed by atoms with Crippen LogP contribution in [0.3, 0.4) is 0 Å². The molecule has 0 saturated carbocycles. The van der Waals surface area contributed by atoms with Gasteiger partial charge < -0.3 is 16.2 Å². The van der Waals surface area contributed by atoms with E-state index in [0.29, 0.717) is 22.8 Å². The molecule has 132 valence electrons. The molecule has 1 heterocycles. The van der Waals surface area contributed by atoms with Gasteiger partial charge in [0.2, 0.25) is 0 Å². The third-order valence-electron chi connectivity index (χ3n) is 3.80. The van der Waals surface area contributed by atoms with Crippen molar-refractivity contribution in [2.24, 2.45) is 0 Å². The molecule has 0 spiro atoms. The Labute approximate surface area is 151 Å². The number of nitrogen functional groups attached to an aromatic ring is 1. The maximum Gasteiger partial charge on any atom is 0.251 e. The number of benzene rings is 2. The Morgan fingerprint density at radius 3 is 2.27 bits per heavy atom. The number of amides is 1. The minimum absolute atomic E-state index is 0.0815. The van der Waals surface area contributed by atoms with Gasteiger partial charge in [0.25, 0.3) is 5.91 Å². The van der Waals surface area contributed by atoms with Crippen LogP contribution in [-0.2, 0) is 0 Å². The highest BCUT2D eigenvalue weighted by Gasteiger charge is 2.11. The molecule has 1 amide bonds. The highest BCUT2D eigenvalue weighted by molar-refractivity contribution is 5.94. The highest BCUT2D eigenvalue weighted by Crippen LogP contribution is 2.27. The van der Waals surface area contributed by atoms with Crippen molar-refractivity contribution in [3.8, 4) is 28.3 Å². The summed E-state index contributed by atoms with van der Waals surface area (Å²) in [5.41, 5.74) is 9.34. The first-order valence-electron chi connectivity index (χ1n) is 8.27. The van der Waals surface area contributed by atoms with Crippen molar-refractivity contribution in [2.45, 2.75) is 19.9 Å². The van der Waals surface area contributed by atoms with Gasteiger partial charge in [-0.05, 0) is 50.2 Å². The maximum atomic E-state index is 12.0. The van der Waals surface area contributed by atoms with Gasteiger partial charge in [-0.3, -0.25) is 4.79 Å². The van der Waals surface area contributed by atoms with Crippen LogP contribution >= 0.6 is 0 Å². The van der Waals surface area contributed by atoms with E-state index in [-0.39, 0.29) is 17.7 Å². The van der Waals surface area contributed by atoms with Crippen LogP contribution in [0.25, 0.3) is 22.5 Å². The number of aromatic hydroxyl groups is 1. The summed E-state index contributed by atoms with van der Waals surface area (Å²) in [4.78, 5) is 20.9. The van der Waals surface area contributed by atoms with Crippen LogP contribution in [0.5, 0.6) is 5.75 Å². The fourth-order valence-corrected chi connectivity index (χ4v) is 2.51. The fraction of sp³-hybridized carbons (Fsp3) is 0.150. The predicted molar refractivity (Wildman–Crippen MR) is 102 cm³/mol. The van der Waals surface area contributed by atoms with Gasteiger partial charge in [-0.25, -0.2) is 9.97 Å². The van der Waals surface area contributed by atoms with Crippen molar-refractivity contribution in [2.75, 3.05) is 5.73 Å². The molecule has 0 unspecified atom stereocenters. The first-order chi connectivity index (χ1) is 12.4. The molecule has 3 rings (SSSR count). The van der Waals surface area contributed by atoms with E-state index in [4.69, 9.17) is 5.73 Å². The number of carbonyl (C=O) groups is 1. The van der Waals surface area contributed by atoms with Crippen LogP contribution < -0.4 is 11.1 Å². The standard InChI is InChI=1S/C20H20N4O2/c1-12(2)23-20(26)15-5-3-13(4-6-15)17-11-22-19(21)18(24-17)14-7-9-16(25)10-8-14/h3-12,25H,1-2H3,(H2,21,22)(H,23,26). The molecule has 0 aliphatic rings. The Balaban J connectivity index is 1.91. The Bertz CT molecular complexity index is 920. The summed E-state index contributed by atoms with van der Waals surface area (Å²) >= 11 is 0. The minimum Gasteiger partial charge on any atom is -0.508 e. The zero-order valence-electron chi connectivity index (χ0n) is 14.6. The predicted octanol–water partition coefficient (Wildman–Crippen LogP) is 3.24. The number of phenolic OH excluding ortho intramolecular Hbond substituents is 1. The maximum absolute atomic E-state index is 12.0. The van der Waals surface area contributed by atoms with Crippen molar-refractivity contribution >= 4 is 11.7 Å². The second-order valence-corrected chi connectivity index (χ2v) is 6.24. The fourth-order valence-electron chi connectivity index (χ4n) is 2.51. The molecule has 0 fully saturated rings. The summed E-state index contributed by atoms with van der Waals surface area (Å²) in [7, 11) is 0. The number of rotatable bonds is 4. The summed E-state index contributed by atoms with van der Waals surface area (Å²) in [6.45, 7) is 3.84. The summed E-state index contributed by atoms with van der Waals surface area (Å²) in [5.74, 6) is 0.374. The number of nitrogens with two attached hydrogens (primary N) is 1. The van der Waals surface area contributed by atoms with Crippen LogP contribution in [0.4, 0.5) is 5.82 Å². The second kappa shape index (κ2) is 7.23. The molecule has 0 bridgehead atoms. The van der Waals surface area contributed by atoms with E-state index >= 15 is 0 Å². The lowest BCUT2D eigenvalue weighted by Crippen LogP contribution is -2.29. The smallest absolute Gasteiger partial charge is 0.251 e. The van der Waals surface area contributed by atoms with Crippen molar-refractivity contribution in [3.63, 3.8) is 0 Å². The first kappa shape index (κ1) is 17.4. The van der Waals surface area contributed by atoms with E-state index in [9.17, 15) is 9.90 Å². The van der Waals surface area contributed by atoms with Crippen molar-refractivity contribution in [1.82, 2.24) is 15.3 Å². The lowest BCUT2D eigenvalue weighted by atomic mass is 10.1. The van der Waals surface area contributed by atoms with Crippen LogP contribution in [0, 0.1) is 0 Å². The van der Waals surface area contributed by atoms with Crippen molar-refractivity contribution in [1.29, 1.82) is 0 Å². The van der Waals surface area contributed by atoms with E-state index < -0.39 is 0 Å². The van der Waals surface area contributed by atoms with E-state index in [0.717, 1.165) is 11.1 Å². The molecule has 4 N–H and O–H groups in total. The van der Waals surface area contributed by atoms with Gasteiger partial charge >= 0.3 is 0 Å². The monoisotopic (exact) mass is 348 g/mol. The average Bonchev–Trinajstić information content (AvgIpc) is 2.62. The van der Waals surface area contributed by atoms with E-state index in [1.165, 1.54) is 0 Å². The Morgan fingerprint density at radius 2 is 1.65 bits per heavy atom. The van der Waals surface area contributed by atoms with E-state index in [1.807, 2.05) is 26.0 Å². The van der Waals surface area contributed by atoms with Gasteiger partial charge in [0.1, 0.15) is 17.3 Å². The number of aromatic nitrogens is 2. The molecule has 0 atom stereocenters. The molecule has 6 heteroatoms. The summed E-state index contributed by atoms with van der Waals surface area (Å²) in [6.07, 6.45) is 1.60. The highest BCUT2D eigenvalue weighted by atomic mass is 16.3. The van der Waals surface area contributed by atoms with Crippen LogP contribution in [-0.4, -0.2) is 27.0 Å². The number of carbonyl (C=O) groups excluding carboxylic acids is 1. The molecule has 26 heavy (non-hydrogen) atoms. The quantitative estimate of drug-likeness (QED) is 0.672. The minimum atomic E-state index is -0.111. The third kappa shape index (κ3) is 3.80. The normalized spacial score (nSPS) is 10.7. The summed E-state index contributed by atoms with van der Waals surface area (Å²) in [6, 6.07) is 13.9. The average molecular weight is 348 g/mol. The molecule has 0 saturated heterocycles. The van der Waals surface area contributed by atoms with Gasteiger partial charge in [0, 0.05) is 22.7 Å². The van der Waals surface area contributed by atoms with Gasteiger partial charge in [-0.2, -0.15) is 0 Å². The van der Waals surface area contributed by atoms with E-state index in [2.05, 4.69) is 15.3 Å². The molecule has 3 aromatic rings. The Hall–Kier alpha value is -3.41. The lowest BCUT2D eigenvalue weighted by Gasteiger charge is -2.10. The molecule has 0 aliphatic carbocycles. The molecule has 1 aromatic heterocycles. The largest absolute Gasteiger partial charge is 0.508 e. The molecular weight excluding hydrogens is 328 g/mol.